The number of fused-ring (bicyclic) bond motifs is 1. The molecule has 0 fully saturated rings. The van der Waals surface area contributed by atoms with Crippen LogP contribution in [0.25, 0.3) is 0 Å². The number of ether oxygens (including phenoxy) is 1. The summed E-state index contributed by atoms with van der Waals surface area (Å²) in [6.45, 7) is 2.66. The van der Waals surface area contributed by atoms with E-state index in [1.54, 1.807) is 0 Å². The number of nitrogens with zero attached hydrogens (tertiary/aromatic N) is 1. The van der Waals surface area contributed by atoms with Gasteiger partial charge < -0.3 is 21.1 Å². The number of hydrogen-bond donors (Lipinski definition) is 3. The van der Waals surface area contributed by atoms with E-state index in [0.29, 0.717) is 6.61 Å². The highest BCUT2D eigenvalue weighted by Crippen LogP contribution is 2.31. The van der Waals surface area contributed by atoms with Crippen LogP contribution < -0.4 is 21.1 Å². The lowest BCUT2D eigenvalue weighted by molar-refractivity contribution is -0.120. The Hall–Kier alpha value is -3.02. The number of carbonyl (C=O) groups excluding carboxylic acids is 1. The molecule has 1 aliphatic heterocycles. The summed E-state index contributed by atoms with van der Waals surface area (Å²) < 4.78 is 5.61. The Labute approximate surface area is 153 Å². The molecule has 26 heavy (non-hydrogen) atoms. The van der Waals surface area contributed by atoms with E-state index in [0.717, 1.165) is 29.8 Å². The van der Waals surface area contributed by atoms with Gasteiger partial charge in [0, 0.05) is 17.7 Å². The fourth-order valence-corrected chi connectivity index (χ4v) is 2.95. The summed E-state index contributed by atoms with van der Waals surface area (Å²) in [7, 11) is 0. The molecule has 0 saturated carbocycles. The van der Waals surface area contributed by atoms with E-state index in [4.69, 9.17) is 10.5 Å². The van der Waals surface area contributed by atoms with Crippen LogP contribution in [0, 0.1) is 0 Å². The highest BCUT2D eigenvalue weighted by Gasteiger charge is 2.22. The number of hydrogen-bond acceptors (Lipinski definition) is 3. The van der Waals surface area contributed by atoms with Crippen LogP contribution in [0.4, 0.5) is 5.69 Å². The summed E-state index contributed by atoms with van der Waals surface area (Å²) in [5.41, 5.74) is 8.97. The Balaban J connectivity index is 1.56. The number of anilines is 1. The van der Waals surface area contributed by atoms with Crippen molar-refractivity contribution in [1.82, 2.24) is 5.32 Å². The number of aryl methyl sites for hydroxylation is 1. The summed E-state index contributed by atoms with van der Waals surface area (Å²) in [6, 6.07) is 15.6. The van der Waals surface area contributed by atoms with Crippen molar-refractivity contribution >= 4 is 17.6 Å². The van der Waals surface area contributed by atoms with E-state index in [-0.39, 0.29) is 24.5 Å². The Morgan fingerprint density at radius 3 is 2.96 bits per heavy atom. The molecule has 1 heterocycles. The predicted molar refractivity (Wildman–Crippen MR) is 103 cm³/mol. The first-order valence-corrected chi connectivity index (χ1v) is 8.82. The third-order valence-corrected chi connectivity index (χ3v) is 4.29. The number of guanidine groups is 1. The SMILES string of the molecule is CCc1cccc(NC(N)=NCC(=O)NC2CCOc3ccccc32)c1. The first-order chi connectivity index (χ1) is 12.7. The molecule has 2 aromatic rings. The molecule has 1 unspecified atom stereocenters. The lowest BCUT2D eigenvalue weighted by atomic mass is 10.0. The van der Waals surface area contributed by atoms with Gasteiger partial charge in [-0.15, -0.1) is 0 Å². The summed E-state index contributed by atoms with van der Waals surface area (Å²) in [4.78, 5) is 16.4. The third-order valence-electron chi connectivity index (χ3n) is 4.29. The summed E-state index contributed by atoms with van der Waals surface area (Å²) in [5, 5.41) is 6.02. The van der Waals surface area contributed by atoms with Crippen molar-refractivity contribution in [3.63, 3.8) is 0 Å². The van der Waals surface area contributed by atoms with Crippen LogP contribution in [-0.4, -0.2) is 25.0 Å². The second kappa shape index (κ2) is 8.38. The third kappa shape index (κ3) is 4.53. The summed E-state index contributed by atoms with van der Waals surface area (Å²) in [6.07, 6.45) is 1.69. The molecular weight excluding hydrogens is 328 g/mol. The van der Waals surface area contributed by atoms with Crippen molar-refractivity contribution in [2.75, 3.05) is 18.5 Å². The number of para-hydroxylation sites is 1. The zero-order valence-electron chi connectivity index (χ0n) is 14.9. The molecule has 1 amide bonds. The number of benzene rings is 2. The molecule has 0 radical (unpaired) electrons. The lowest BCUT2D eigenvalue weighted by Gasteiger charge is -2.26. The summed E-state index contributed by atoms with van der Waals surface area (Å²) >= 11 is 0. The average molecular weight is 352 g/mol. The zero-order chi connectivity index (χ0) is 18.4. The van der Waals surface area contributed by atoms with E-state index < -0.39 is 0 Å². The van der Waals surface area contributed by atoms with E-state index in [1.807, 2.05) is 42.5 Å². The topological polar surface area (TPSA) is 88.7 Å². The minimum atomic E-state index is -0.168. The van der Waals surface area contributed by atoms with E-state index in [2.05, 4.69) is 28.6 Å². The van der Waals surface area contributed by atoms with Gasteiger partial charge in [-0.2, -0.15) is 0 Å². The van der Waals surface area contributed by atoms with E-state index >= 15 is 0 Å². The first kappa shape index (κ1) is 17.8. The standard InChI is InChI=1S/C20H24N4O2/c1-2-14-6-5-7-15(12-14)23-20(21)22-13-19(25)24-17-10-11-26-18-9-4-3-8-16(17)18/h3-9,12,17H,2,10-11,13H2,1H3,(H,24,25)(H3,21,22,23). The largest absolute Gasteiger partial charge is 0.493 e. The Bertz CT molecular complexity index is 804. The molecule has 0 spiro atoms. The molecule has 3 rings (SSSR count). The molecule has 1 atom stereocenters. The normalized spacial score (nSPS) is 16.3. The smallest absolute Gasteiger partial charge is 0.242 e. The van der Waals surface area contributed by atoms with Gasteiger partial charge in [0.2, 0.25) is 5.91 Å². The molecule has 136 valence electrons. The van der Waals surface area contributed by atoms with Gasteiger partial charge in [0.25, 0.3) is 0 Å². The van der Waals surface area contributed by atoms with Crippen molar-refractivity contribution in [3.8, 4) is 5.75 Å². The quantitative estimate of drug-likeness (QED) is 0.570. The van der Waals surface area contributed by atoms with Crippen LogP contribution in [0.1, 0.15) is 30.5 Å². The minimum absolute atomic E-state index is 0.0220. The maximum atomic E-state index is 12.2. The van der Waals surface area contributed by atoms with Gasteiger partial charge in [-0.25, -0.2) is 4.99 Å². The first-order valence-electron chi connectivity index (χ1n) is 8.82. The number of nitrogens with one attached hydrogen (secondary N) is 2. The molecule has 0 aliphatic carbocycles. The number of amides is 1. The molecule has 4 N–H and O–H groups in total. The predicted octanol–water partition coefficient (Wildman–Crippen LogP) is 2.62. The van der Waals surface area contributed by atoms with Gasteiger partial charge in [-0.3, -0.25) is 4.79 Å². The Kier molecular flexibility index (Phi) is 5.73. The molecular formula is C20H24N4O2. The second-order valence-corrected chi connectivity index (χ2v) is 6.18. The van der Waals surface area contributed by atoms with Crippen molar-refractivity contribution in [2.45, 2.75) is 25.8 Å². The van der Waals surface area contributed by atoms with Crippen molar-refractivity contribution < 1.29 is 9.53 Å². The highest BCUT2D eigenvalue weighted by molar-refractivity contribution is 5.94. The van der Waals surface area contributed by atoms with Gasteiger partial charge in [0.1, 0.15) is 12.3 Å². The Morgan fingerprint density at radius 2 is 2.12 bits per heavy atom. The fourth-order valence-electron chi connectivity index (χ4n) is 2.95. The number of nitrogens with two attached hydrogens (primary N) is 1. The molecule has 0 aromatic heterocycles. The average Bonchev–Trinajstić information content (AvgIpc) is 2.67. The molecule has 0 saturated heterocycles. The summed E-state index contributed by atoms with van der Waals surface area (Å²) in [5.74, 6) is 0.879. The fraction of sp³-hybridized carbons (Fsp3) is 0.300. The van der Waals surface area contributed by atoms with Crippen LogP contribution in [0.2, 0.25) is 0 Å². The maximum Gasteiger partial charge on any atom is 0.242 e. The van der Waals surface area contributed by atoms with Crippen LogP contribution in [-0.2, 0) is 11.2 Å². The lowest BCUT2D eigenvalue weighted by Crippen LogP contribution is -2.34. The number of carbonyl (C=O) groups is 1. The van der Waals surface area contributed by atoms with Gasteiger partial charge in [-0.05, 0) is 30.2 Å². The van der Waals surface area contributed by atoms with E-state index in [1.165, 1.54) is 5.56 Å². The number of aliphatic imine (C=N–C) groups is 1. The van der Waals surface area contributed by atoms with Gasteiger partial charge >= 0.3 is 0 Å². The van der Waals surface area contributed by atoms with Crippen LogP contribution in [0.3, 0.4) is 0 Å². The maximum absolute atomic E-state index is 12.2. The van der Waals surface area contributed by atoms with Gasteiger partial charge in [-0.1, -0.05) is 37.3 Å². The number of rotatable bonds is 5. The molecule has 0 bridgehead atoms. The van der Waals surface area contributed by atoms with E-state index in [9.17, 15) is 4.79 Å². The van der Waals surface area contributed by atoms with Crippen LogP contribution in [0.5, 0.6) is 5.75 Å². The molecule has 6 nitrogen and oxygen atoms in total. The van der Waals surface area contributed by atoms with Crippen molar-refractivity contribution in [3.05, 3.63) is 59.7 Å². The highest BCUT2D eigenvalue weighted by atomic mass is 16.5. The molecule has 6 heteroatoms. The van der Waals surface area contributed by atoms with Gasteiger partial charge in [0.15, 0.2) is 5.96 Å². The molecule has 1 aliphatic rings. The van der Waals surface area contributed by atoms with Gasteiger partial charge in [0.05, 0.1) is 12.6 Å². The van der Waals surface area contributed by atoms with Crippen molar-refractivity contribution in [1.29, 1.82) is 0 Å². The Morgan fingerprint density at radius 1 is 1.27 bits per heavy atom. The van der Waals surface area contributed by atoms with Crippen molar-refractivity contribution in [2.24, 2.45) is 10.7 Å². The molecule has 2 aromatic carbocycles. The van der Waals surface area contributed by atoms with Crippen LogP contribution >= 0.6 is 0 Å². The minimum Gasteiger partial charge on any atom is -0.493 e. The second-order valence-electron chi connectivity index (χ2n) is 6.18. The zero-order valence-corrected chi connectivity index (χ0v) is 14.9. The van der Waals surface area contributed by atoms with Crippen LogP contribution in [0.15, 0.2) is 53.5 Å². The monoisotopic (exact) mass is 352 g/mol.